The van der Waals surface area contributed by atoms with Crippen LogP contribution in [0.1, 0.15) is 28.9 Å². The number of carbonyl (C=O) groups excluding carboxylic acids is 1. The summed E-state index contributed by atoms with van der Waals surface area (Å²) in [6.07, 6.45) is 6.91. The number of piperidine rings is 1. The smallest absolute Gasteiger partial charge is 0.255 e. The van der Waals surface area contributed by atoms with Gasteiger partial charge in [-0.25, -0.2) is 0 Å². The summed E-state index contributed by atoms with van der Waals surface area (Å²) in [5, 5.41) is 0. The zero-order valence-corrected chi connectivity index (χ0v) is 14.9. The van der Waals surface area contributed by atoms with Crippen LogP contribution in [0.15, 0.2) is 48.9 Å². The molecule has 1 spiro atoms. The Morgan fingerprint density at radius 2 is 2.00 bits per heavy atom. The van der Waals surface area contributed by atoms with E-state index in [0.717, 1.165) is 57.9 Å². The SMILES string of the molecule is O=C(c1cccnc1)N1CCC2(CC1)CN(Cc1ccccn1)CCO2. The lowest BCUT2D eigenvalue weighted by atomic mass is 9.89. The Hall–Kier alpha value is -2.31. The van der Waals surface area contributed by atoms with E-state index in [4.69, 9.17) is 4.74 Å². The molecule has 2 aliphatic heterocycles. The number of morpholine rings is 1. The van der Waals surface area contributed by atoms with E-state index in [-0.39, 0.29) is 11.5 Å². The molecule has 2 aliphatic rings. The third kappa shape index (κ3) is 3.76. The summed E-state index contributed by atoms with van der Waals surface area (Å²) in [7, 11) is 0. The fourth-order valence-electron chi connectivity index (χ4n) is 3.87. The van der Waals surface area contributed by atoms with E-state index in [0.29, 0.717) is 5.56 Å². The minimum absolute atomic E-state index is 0.0640. The zero-order valence-electron chi connectivity index (χ0n) is 14.9. The number of likely N-dealkylation sites (tertiary alicyclic amines) is 1. The molecule has 0 aliphatic carbocycles. The van der Waals surface area contributed by atoms with Gasteiger partial charge in [-0.05, 0) is 37.1 Å². The number of carbonyl (C=O) groups is 1. The molecule has 0 atom stereocenters. The topological polar surface area (TPSA) is 58.6 Å². The molecule has 26 heavy (non-hydrogen) atoms. The van der Waals surface area contributed by atoms with Crippen LogP contribution in [0.25, 0.3) is 0 Å². The number of nitrogens with zero attached hydrogens (tertiary/aromatic N) is 4. The van der Waals surface area contributed by atoms with Crippen molar-refractivity contribution in [2.45, 2.75) is 25.0 Å². The number of hydrogen-bond acceptors (Lipinski definition) is 5. The molecule has 2 saturated heterocycles. The minimum atomic E-state index is -0.140. The largest absolute Gasteiger partial charge is 0.372 e. The van der Waals surface area contributed by atoms with Crippen LogP contribution in [0.2, 0.25) is 0 Å². The third-order valence-corrected chi connectivity index (χ3v) is 5.31. The molecule has 2 aromatic rings. The van der Waals surface area contributed by atoms with Crippen LogP contribution >= 0.6 is 0 Å². The lowest BCUT2D eigenvalue weighted by molar-refractivity contribution is -0.134. The number of amides is 1. The predicted octanol–water partition coefficient (Wildman–Crippen LogP) is 1.98. The standard InChI is InChI=1S/C20H24N4O2/c25-19(17-4-3-8-21-14-17)24-10-6-20(7-11-24)16-23(12-13-26-20)15-18-5-1-2-9-22-18/h1-5,8-9,14H,6-7,10-13,15-16H2. The molecule has 1 amide bonds. The Balaban J connectivity index is 1.36. The van der Waals surface area contributed by atoms with Gasteiger partial charge in [0, 0.05) is 51.3 Å². The Morgan fingerprint density at radius 1 is 1.12 bits per heavy atom. The van der Waals surface area contributed by atoms with Gasteiger partial charge in [0.25, 0.3) is 5.91 Å². The third-order valence-electron chi connectivity index (χ3n) is 5.31. The maximum atomic E-state index is 12.6. The lowest BCUT2D eigenvalue weighted by Gasteiger charge is -2.47. The van der Waals surface area contributed by atoms with E-state index in [9.17, 15) is 4.79 Å². The van der Waals surface area contributed by atoms with Crippen LogP contribution in [0.4, 0.5) is 0 Å². The summed E-state index contributed by atoms with van der Waals surface area (Å²) in [5.41, 5.74) is 1.61. The molecule has 6 heteroatoms. The Labute approximate surface area is 153 Å². The van der Waals surface area contributed by atoms with Crippen LogP contribution in [-0.4, -0.2) is 64.1 Å². The summed E-state index contributed by atoms with van der Waals surface area (Å²) in [5.74, 6) is 0.0640. The van der Waals surface area contributed by atoms with Crippen molar-refractivity contribution in [1.82, 2.24) is 19.8 Å². The molecule has 0 N–H and O–H groups in total. The molecule has 2 aromatic heterocycles. The van der Waals surface area contributed by atoms with Crippen molar-refractivity contribution in [3.8, 4) is 0 Å². The highest BCUT2D eigenvalue weighted by Gasteiger charge is 2.40. The van der Waals surface area contributed by atoms with Gasteiger partial charge < -0.3 is 9.64 Å². The fraction of sp³-hybridized carbons (Fsp3) is 0.450. The molecule has 0 bridgehead atoms. The van der Waals surface area contributed by atoms with E-state index >= 15 is 0 Å². The second-order valence-corrected chi connectivity index (χ2v) is 7.10. The van der Waals surface area contributed by atoms with Gasteiger partial charge in [-0.1, -0.05) is 6.07 Å². The molecule has 0 unspecified atom stereocenters. The van der Waals surface area contributed by atoms with Crippen molar-refractivity contribution in [2.75, 3.05) is 32.8 Å². The Morgan fingerprint density at radius 3 is 2.73 bits per heavy atom. The van der Waals surface area contributed by atoms with Gasteiger partial charge in [-0.2, -0.15) is 0 Å². The molecular weight excluding hydrogens is 328 g/mol. The van der Waals surface area contributed by atoms with Gasteiger partial charge >= 0.3 is 0 Å². The highest BCUT2D eigenvalue weighted by Crippen LogP contribution is 2.31. The monoisotopic (exact) mass is 352 g/mol. The maximum absolute atomic E-state index is 12.6. The summed E-state index contributed by atoms with van der Waals surface area (Å²) in [6.45, 7) is 4.87. The first kappa shape index (κ1) is 17.1. The average Bonchev–Trinajstić information content (AvgIpc) is 2.70. The van der Waals surface area contributed by atoms with Crippen molar-refractivity contribution in [1.29, 1.82) is 0 Å². The van der Waals surface area contributed by atoms with Crippen LogP contribution < -0.4 is 0 Å². The van der Waals surface area contributed by atoms with Crippen LogP contribution in [0, 0.1) is 0 Å². The number of aromatic nitrogens is 2. The molecular formula is C20H24N4O2. The number of pyridine rings is 2. The first-order chi connectivity index (χ1) is 12.7. The van der Waals surface area contributed by atoms with Crippen molar-refractivity contribution in [2.24, 2.45) is 0 Å². The number of ether oxygens (including phenoxy) is 1. The normalized spacial score (nSPS) is 20.2. The van der Waals surface area contributed by atoms with E-state index in [1.165, 1.54) is 0 Å². The summed E-state index contributed by atoms with van der Waals surface area (Å²) in [4.78, 5) is 25.4. The van der Waals surface area contributed by atoms with Gasteiger partial charge in [-0.15, -0.1) is 0 Å². The minimum Gasteiger partial charge on any atom is -0.372 e. The van der Waals surface area contributed by atoms with Gasteiger partial charge in [0.2, 0.25) is 0 Å². The highest BCUT2D eigenvalue weighted by atomic mass is 16.5. The van der Waals surface area contributed by atoms with E-state index in [1.54, 1.807) is 18.5 Å². The highest BCUT2D eigenvalue weighted by molar-refractivity contribution is 5.93. The summed E-state index contributed by atoms with van der Waals surface area (Å²) < 4.78 is 6.20. The fourth-order valence-corrected chi connectivity index (χ4v) is 3.87. The zero-order chi connectivity index (χ0) is 17.8. The first-order valence-corrected chi connectivity index (χ1v) is 9.20. The average molecular weight is 352 g/mol. The van der Waals surface area contributed by atoms with Crippen LogP contribution in [0.5, 0.6) is 0 Å². The Bertz CT molecular complexity index is 730. The second kappa shape index (κ2) is 7.51. The summed E-state index contributed by atoms with van der Waals surface area (Å²) >= 11 is 0. The summed E-state index contributed by atoms with van der Waals surface area (Å²) in [6, 6.07) is 9.67. The van der Waals surface area contributed by atoms with Crippen molar-refractivity contribution < 1.29 is 9.53 Å². The van der Waals surface area contributed by atoms with E-state index in [1.807, 2.05) is 29.3 Å². The molecule has 136 valence electrons. The van der Waals surface area contributed by atoms with E-state index < -0.39 is 0 Å². The van der Waals surface area contributed by atoms with Crippen molar-refractivity contribution in [3.05, 3.63) is 60.2 Å². The lowest BCUT2D eigenvalue weighted by Crippen LogP contribution is -2.57. The van der Waals surface area contributed by atoms with Gasteiger partial charge in [-0.3, -0.25) is 19.7 Å². The molecule has 0 radical (unpaired) electrons. The molecule has 4 heterocycles. The van der Waals surface area contributed by atoms with Crippen LogP contribution in [-0.2, 0) is 11.3 Å². The van der Waals surface area contributed by atoms with E-state index in [2.05, 4.69) is 20.9 Å². The van der Waals surface area contributed by atoms with Gasteiger partial charge in [0.05, 0.1) is 23.5 Å². The molecule has 0 aromatic carbocycles. The van der Waals surface area contributed by atoms with Gasteiger partial charge in [0.15, 0.2) is 0 Å². The molecule has 2 fully saturated rings. The predicted molar refractivity (Wildman–Crippen MR) is 97.6 cm³/mol. The maximum Gasteiger partial charge on any atom is 0.255 e. The molecule has 0 saturated carbocycles. The quantitative estimate of drug-likeness (QED) is 0.845. The van der Waals surface area contributed by atoms with Gasteiger partial charge in [0.1, 0.15) is 0 Å². The Kier molecular flexibility index (Phi) is 4.95. The molecule has 4 rings (SSSR count). The van der Waals surface area contributed by atoms with Crippen molar-refractivity contribution in [3.63, 3.8) is 0 Å². The van der Waals surface area contributed by atoms with Crippen molar-refractivity contribution >= 4 is 5.91 Å². The number of rotatable bonds is 3. The molecule has 6 nitrogen and oxygen atoms in total. The second-order valence-electron chi connectivity index (χ2n) is 7.10. The van der Waals surface area contributed by atoms with Crippen LogP contribution in [0.3, 0.4) is 0 Å². The number of hydrogen-bond donors (Lipinski definition) is 0. The first-order valence-electron chi connectivity index (χ1n) is 9.20.